The van der Waals surface area contributed by atoms with Gasteiger partial charge in [-0.15, -0.1) is 24.0 Å². The van der Waals surface area contributed by atoms with E-state index >= 15 is 0 Å². The van der Waals surface area contributed by atoms with E-state index in [1.165, 1.54) is 18.6 Å². The molecule has 1 aliphatic rings. The van der Waals surface area contributed by atoms with Crippen LogP contribution in [0, 0.1) is 5.92 Å². The Kier molecular flexibility index (Phi) is 11.6. The zero-order chi connectivity index (χ0) is 20.5. The van der Waals surface area contributed by atoms with Crippen molar-refractivity contribution < 1.29 is 18.3 Å². The van der Waals surface area contributed by atoms with Crippen LogP contribution < -0.4 is 15.4 Å². The Bertz CT molecular complexity index is 694. The van der Waals surface area contributed by atoms with Crippen LogP contribution in [0.1, 0.15) is 31.7 Å². The van der Waals surface area contributed by atoms with Crippen LogP contribution in [0.3, 0.4) is 0 Å². The molecule has 0 bridgehead atoms. The molecule has 1 aromatic carbocycles. The summed E-state index contributed by atoms with van der Waals surface area (Å²) in [6.07, 6.45) is 2.58. The van der Waals surface area contributed by atoms with Crippen LogP contribution in [0.4, 0.5) is 8.78 Å². The number of halogens is 4. The molecule has 1 saturated heterocycles. The highest BCUT2D eigenvalue weighted by Gasteiger charge is 2.20. The zero-order valence-electron chi connectivity index (χ0n) is 16.6. The molecular formula is C19H28ClF2IN4O2. The minimum absolute atomic E-state index is 0. The van der Waals surface area contributed by atoms with E-state index in [0.29, 0.717) is 35.4 Å². The van der Waals surface area contributed by atoms with E-state index in [4.69, 9.17) is 11.6 Å². The molecule has 2 rings (SSSR count). The van der Waals surface area contributed by atoms with E-state index in [1.807, 2.05) is 4.90 Å². The maximum Gasteiger partial charge on any atom is 0.387 e. The summed E-state index contributed by atoms with van der Waals surface area (Å²) in [7, 11) is 1.60. The van der Waals surface area contributed by atoms with E-state index < -0.39 is 6.61 Å². The van der Waals surface area contributed by atoms with Gasteiger partial charge in [0.2, 0.25) is 5.91 Å². The fraction of sp³-hybridized carbons (Fsp3) is 0.579. The number of amides is 1. The van der Waals surface area contributed by atoms with Gasteiger partial charge in [-0.05, 0) is 37.0 Å². The lowest BCUT2D eigenvalue weighted by molar-refractivity contribution is -0.132. The highest BCUT2D eigenvalue weighted by Crippen LogP contribution is 2.24. The normalized spacial score (nSPS) is 17.0. The lowest BCUT2D eigenvalue weighted by Gasteiger charge is -2.31. The first-order valence-electron chi connectivity index (χ1n) is 9.34. The molecule has 0 aromatic heterocycles. The topological polar surface area (TPSA) is 66.0 Å². The third-order valence-corrected chi connectivity index (χ3v) is 4.78. The van der Waals surface area contributed by atoms with Crippen molar-refractivity contribution >= 4 is 47.4 Å². The average molecular weight is 545 g/mol. The molecule has 1 unspecified atom stereocenters. The van der Waals surface area contributed by atoms with Crippen molar-refractivity contribution in [1.29, 1.82) is 0 Å². The first-order chi connectivity index (χ1) is 13.4. The highest BCUT2D eigenvalue weighted by molar-refractivity contribution is 14.0. The Balaban J connectivity index is 0.00000420. The molecule has 0 spiro atoms. The lowest BCUT2D eigenvalue weighted by Crippen LogP contribution is -2.42. The molecule has 1 aliphatic heterocycles. The van der Waals surface area contributed by atoms with Gasteiger partial charge >= 0.3 is 6.61 Å². The highest BCUT2D eigenvalue weighted by atomic mass is 127. The van der Waals surface area contributed by atoms with Crippen molar-refractivity contribution in [3.8, 4) is 5.75 Å². The maximum atomic E-state index is 12.5. The monoisotopic (exact) mass is 544 g/mol. The van der Waals surface area contributed by atoms with Crippen LogP contribution in [0.25, 0.3) is 0 Å². The number of nitrogens with zero attached hydrogens (tertiary/aromatic N) is 2. The minimum atomic E-state index is -2.92. The van der Waals surface area contributed by atoms with Gasteiger partial charge in [0, 0.05) is 50.2 Å². The van der Waals surface area contributed by atoms with E-state index in [1.54, 1.807) is 13.1 Å². The second-order valence-electron chi connectivity index (χ2n) is 6.82. The number of nitrogens with one attached hydrogen (secondary N) is 2. The first kappa shape index (κ1) is 25.7. The predicted octanol–water partition coefficient (Wildman–Crippen LogP) is 3.87. The van der Waals surface area contributed by atoms with Crippen LogP contribution in [-0.4, -0.2) is 50.1 Å². The molecule has 2 N–H and O–H groups in total. The average Bonchev–Trinajstić information content (AvgIpc) is 2.65. The Morgan fingerprint density at radius 1 is 1.41 bits per heavy atom. The molecule has 29 heavy (non-hydrogen) atoms. The van der Waals surface area contributed by atoms with Crippen molar-refractivity contribution in [2.45, 2.75) is 39.3 Å². The molecule has 1 aromatic rings. The minimum Gasteiger partial charge on any atom is -0.434 e. The molecule has 0 saturated carbocycles. The van der Waals surface area contributed by atoms with Crippen LogP contribution in [-0.2, 0) is 11.3 Å². The second-order valence-corrected chi connectivity index (χ2v) is 7.26. The molecule has 1 fully saturated rings. The standard InChI is InChI=1S/C19H27ClF2N4O2.HI/c1-13-4-3-9-26(12-13)17(27)7-8-24-19(23-2)25-11-14-10-15(20)5-6-16(14)28-18(21)22;/h5-6,10,13,18H,3-4,7-9,11-12H2,1-2H3,(H2,23,24,25);1H. The van der Waals surface area contributed by atoms with E-state index in [-0.39, 0.29) is 42.2 Å². The number of hydrogen-bond acceptors (Lipinski definition) is 3. The van der Waals surface area contributed by atoms with E-state index in [2.05, 4.69) is 27.3 Å². The molecule has 10 heteroatoms. The summed E-state index contributed by atoms with van der Waals surface area (Å²) in [5, 5.41) is 6.50. The van der Waals surface area contributed by atoms with Gasteiger partial charge in [0.15, 0.2) is 5.96 Å². The lowest BCUT2D eigenvalue weighted by atomic mass is 10.00. The summed E-state index contributed by atoms with van der Waals surface area (Å²) in [4.78, 5) is 18.3. The summed E-state index contributed by atoms with van der Waals surface area (Å²) in [5.41, 5.74) is 0.481. The number of likely N-dealkylation sites (tertiary alicyclic amines) is 1. The maximum absolute atomic E-state index is 12.5. The molecular weight excluding hydrogens is 517 g/mol. The van der Waals surface area contributed by atoms with Crippen molar-refractivity contribution in [3.63, 3.8) is 0 Å². The van der Waals surface area contributed by atoms with Gasteiger partial charge in [0.05, 0.1) is 0 Å². The molecule has 1 atom stereocenters. The number of aliphatic imine (C=N–C) groups is 1. The number of rotatable bonds is 7. The molecule has 1 heterocycles. The largest absolute Gasteiger partial charge is 0.434 e. The quantitative estimate of drug-likeness (QED) is 0.311. The Morgan fingerprint density at radius 3 is 2.83 bits per heavy atom. The fourth-order valence-corrected chi connectivity index (χ4v) is 3.35. The summed E-state index contributed by atoms with van der Waals surface area (Å²) < 4.78 is 29.6. The van der Waals surface area contributed by atoms with Gasteiger partial charge in [-0.1, -0.05) is 18.5 Å². The molecule has 0 radical (unpaired) electrons. The predicted molar refractivity (Wildman–Crippen MR) is 121 cm³/mol. The molecule has 1 amide bonds. The molecule has 164 valence electrons. The first-order valence-corrected chi connectivity index (χ1v) is 9.72. The number of benzene rings is 1. The third kappa shape index (κ3) is 8.90. The van der Waals surface area contributed by atoms with Crippen LogP contribution >= 0.6 is 35.6 Å². The number of hydrogen-bond donors (Lipinski definition) is 2. The smallest absolute Gasteiger partial charge is 0.387 e. The molecule has 0 aliphatic carbocycles. The van der Waals surface area contributed by atoms with Crippen LogP contribution in [0.15, 0.2) is 23.2 Å². The van der Waals surface area contributed by atoms with Gasteiger partial charge in [-0.2, -0.15) is 8.78 Å². The zero-order valence-corrected chi connectivity index (χ0v) is 19.7. The summed E-state index contributed by atoms with van der Waals surface area (Å²) in [6.45, 7) is 1.50. The molecule has 6 nitrogen and oxygen atoms in total. The van der Waals surface area contributed by atoms with Gasteiger partial charge in [-0.25, -0.2) is 0 Å². The summed E-state index contributed by atoms with van der Waals surface area (Å²) >= 11 is 5.95. The number of ether oxygens (including phenoxy) is 1. The van der Waals surface area contributed by atoms with Crippen molar-refractivity contribution in [2.24, 2.45) is 10.9 Å². The third-order valence-electron chi connectivity index (χ3n) is 4.55. The Hall–Kier alpha value is -1.36. The van der Waals surface area contributed by atoms with E-state index in [0.717, 1.165) is 19.5 Å². The number of alkyl halides is 2. The number of carbonyl (C=O) groups excluding carboxylic acids is 1. The van der Waals surface area contributed by atoms with Crippen molar-refractivity contribution in [2.75, 3.05) is 26.7 Å². The number of piperidine rings is 1. The summed E-state index contributed by atoms with van der Waals surface area (Å²) in [5.74, 6) is 1.18. The van der Waals surface area contributed by atoms with Gasteiger partial charge in [0.1, 0.15) is 5.75 Å². The second kappa shape index (κ2) is 13.0. The summed E-state index contributed by atoms with van der Waals surface area (Å²) in [6, 6.07) is 4.45. The van der Waals surface area contributed by atoms with Crippen LogP contribution in [0.5, 0.6) is 5.75 Å². The Morgan fingerprint density at radius 2 is 2.17 bits per heavy atom. The van der Waals surface area contributed by atoms with Crippen molar-refractivity contribution in [1.82, 2.24) is 15.5 Å². The van der Waals surface area contributed by atoms with Crippen molar-refractivity contribution in [3.05, 3.63) is 28.8 Å². The SMILES string of the molecule is CN=C(NCCC(=O)N1CCCC(C)C1)NCc1cc(Cl)ccc1OC(F)F.I. The number of carbonyl (C=O) groups is 1. The fourth-order valence-electron chi connectivity index (χ4n) is 3.16. The number of guanidine groups is 1. The van der Waals surface area contributed by atoms with Gasteiger partial charge in [-0.3, -0.25) is 9.79 Å². The Labute approximate surface area is 192 Å². The van der Waals surface area contributed by atoms with Gasteiger partial charge in [0.25, 0.3) is 0 Å². The van der Waals surface area contributed by atoms with Gasteiger partial charge < -0.3 is 20.3 Å². The van der Waals surface area contributed by atoms with E-state index in [9.17, 15) is 13.6 Å². The van der Waals surface area contributed by atoms with Crippen LogP contribution in [0.2, 0.25) is 5.02 Å².